The third-order valence-electron chi connectivity index (χ3n) is 3.70. The number of carbonyl (C=O) groups excluding carboxylic acids is 1. The van der Waals surface area contributed by atoms with E-state index >= 15 is 0 Å². The highest BCUT2D eigenvalue weighted by atomic mass is 35.5. The van der Waals surface area contributed by atoms with Crippen LogP contribution in [0.4, 0.5) is 11.6 Å². The van der Waals surface area contributed by atoms with E-state index in [1.165, 1.54) is 0 Å². The standard InChI is InChI=1S/C17H19ClN4O2/c1-11-9-15(16(23)21-13-6-4-12(18)5-7-13)22-17(20-11)19-10-14-3-2-8-24-14/h4-7,9,14H,2-3,8,10H2,1H3,(H,21,23)(H,19,20,22). The zero-order chi connectivity index (χ0) is 16.9. The van der Waals surface area contributed by atoms with Crippen LogP contribution < -0.4 is 10.6 Å². The first kappa shape index (κ1) is 16.7. The van der Waals surface area contributed by atoms with Crippen LogP contribution in [-0.4, -0.2) is 35.1 Å². The summed E-state index contributed by atoms with van der Waals surface area (Å²) in [7, 11) is 0. The molecule has 1 aromatic heterocycles. The number of halogens is 1. The van der Waals surface area contributed by atoms with E-state index in [0.29, 0.717) is 28.9 Å². The number of nitrogens with one attached hydrogen (secondary N) is 2. The van der Waals surface area contributed by atoms with Crippen LogP contribution in [0.3, 0.4) is 0 Å². The number of amides is 1. The maximum atomic E-state index is 12.4. The minimum Gasteiger partial charge on any atom is -0.376 e. The molecule has 1 aliphatic rings. The molecular formula is C17H19ClN4O2. The summed E-state index contributed by atoms with van der Waals surface area (Å²) in [5.41, 5.74) is 1.70. The summed E-state index contributed by atoms with van der Waals surface area (Å²) in [6.45, 7) is 3.27. The van der Waals surface area contributed by atoms with Gasteiger partial charge in [0, 0.05) is 29.6 Å². The molecule has 0 spiro atoms. The number of aryl methyl sites for hydroxylation is 1. The van der Waals surface area contributed by atoms with E-state index in [2.05, 4.69) is 20.6 Å². The summed E-state index contributed by atoms with van der Waals surface area (Å²) in [4.78, 5) is 21.0. The lowest BCUT2D eigenvalue weighted by atomic mass is 10.2. The molecule has 1 aromatic carbocycles. The number of aromatic nitrogens is 2. The van der Waals surface area contributed by atoms with Crippen molar-refractivity contribution < 1.29 is 9.53 Å². The minimum atomic E-state index is -0.289. The number of carbonyl (C=O) groups is 1. The Morgan fingerprint density at radius 2 is 2.12 bits per heavy atom. The first-order valence-electron chi connectivity index (χ1n) is 7.88. The molecule has 2 heterocycles. The van der Waals surface area contributed by atoms with E-state index in [1.54, 1.807) is 30.3 Å². The van der Waals surface area contributed by atoms with Crippen LogP contribution in [0.5, 0.6) is 0 Å². The van der Waals surface area contributed by atoms with Gasteiger partial charge in [-0.05, 0) is 50.1 Å². The van der Waals surface area contributed by atoms with Crippen LogP contribution in [0, 0.1) is 6.92 Å². The first-order chi connectivity index (χ1) is 11.6. The molecule has 1 aliphatic heterocycles. The summed E-state index contributed by atoms with van der Waals surface area (Å²) in [6, 6.07) is 8.58. The van der Waals surface area contributed by atoms with Gasteiger partial charge in [0.15, 0.2) is 0 Å². The summed E-state index contributed by atoms with van der Waals surface area (Å²) in [5.74, 6) is 0.148. The Morgan fingerprint density at radius 3 is 2.83 bits per heavy atom. The van der Waals surface area contributed by atoms with Gasteiger partial charge in [-0.2, -0.15) is 0 Å². The van der Waals surface area contributed by atoms with Gasteiger partial charge < -0.3 is 15.4 Å². The van der Waals surface area contributed by atoms with Gasteiger partial charge in [-0.15, -0.1) is 0 Å². The fourth-order valence-electron chi connectivity index (χ4n) is 2.50. The molecule has 1 atom stereocenters. The lowest BCUT2D eigenvalue weighted by Gasteiger charge is -2.12. The molecule has 2 N–H and O–H groups in total. The summed E-state index contributed by atoms with van der Waals surface area (Å²) < 4.78 is 5.56. The first-order valence-corrected chi connectivity index (χ1v) is 8.26. The van der Waals surface area contributed by atoms with Crippen molar-refractivity contribution in [3.63, 3.8) is 0 Å². The molecule has 0 saturated carbocycles. The number of hydrogen-bond acceptors (Lipinski definition) is 5. The van der Waals surface area contributed by atoms with E-state index in [4.69, 9.17) is 16.3 Å². The molecule has 6 nitrogen and oxygen atoms in total. The Labute approximate surface area is 145 Å². The van der Waals surface area contributed by atoms with Crippen LogP contribution in [0.15, 0.2) is 30.3 Å². The average Bonchev–Trinajstić information content (AvgIpc) is 3.08. The summed E-state index contributed by atoms with van der Waals surface area (Å²) in [5, 5.41) is 6.56. The van der Waals surface area contributed by atoms with Crippen LogP contribution in [0.2, 0.25) is 5.02 Å². The smallest absolute Gasteiger partial charge is 0.274 e. The Balaban J connectivity index is 1.67. The molecule has 3 rings (SSSR count). The SMILES string of the molecule is Cc1cc(C(=O)Nc2ccc(Cl)cc2)nc(NCC2CCCO2)n1. The van der Waals surface area contributed by atoms with Crippen molar-refractivity contribution in [2.45, 2.75) is 25.9 Å². The molecule has 24 heavy (non-hydrogen) atoms. The van der Waals surface area contributed by atoms with E-state index in [0.717, 1.165) is 25.1 Å². The van der Waals surface area contributed by atoms with Gasteiger partial charge in [0.1, 0.15) is 5.69 Å². The zero-order valence-electron chi connectivity index (χ0n) is 13.4. The zero-order valence-corrected chi connectivity index (χ0v) is 14.1. The van der Waals surface area contributed by atoms with E-state index < -0.39 is 0 Å². The third kappa shape index (κ3) is 4.43. The monoisotopic (exact) mass is 346 g/mol. The lowest BCUT2D eigenvalue weighted by molar-refractivity contribution is 0.102. The van der Waals surface area contributed by atoms with Crippen molar-refractivity contribution in [3.8, 4) is 0 Å². The molecule has 2 aromatic rings. The number of anilines is 2. The van der Waals surface area contributed by atoms with Crippen LogP contribution in [-0.2, 0) is 4.74 Å². The highest BCUT2D eigenvalue weighted by Gasteiger charge is 2.16. The maximum Gasteiger partial charge on any atom is 0.274 e. The number of benzene rings is 1. The van der Waals surface area contributed by atoms with Crippen molar-refractivity contribution >= 4 is 29.1 Å². The molecule has 7 heteroatoms. The summed E-state index contributed by atoms with van der Waals surface area (Å²) in [6.07, 6.45) is 2.29. The molecule has 1 unspecified atom stereocenters. The maximum absolute atomic E-state index is 12.4. The second-order valence-electron chi connectivity index (χ2n) is 5.70. The van der Waals surface area contributed by atoms with E-state index in [-0.39, 0.29) is 12.0 Å². The number of ether oxygens (including phenoxy) is 1. The highest BCUT2D eigenvalue weighted by molar-refractivity contribution is 6.30. The fourth-order valence-corrected chi connectivity index (χ4v) is 2.63. The van der Waals surface area contributed by atoms with Gasteiger partial charge in [-0.1, -0.05) is 11.6 Å². The van der Waals surface area contributed by atoms with E-state index in [1.807, 2.05) is 6.92 Å². The highest BCUT2D eigenvalue weighted by Crippen LogP contribution is 2.15. The Kier molecular flexibility index (Phi) is 5.27. The quantitative estimate of drug-likeness (QED) is 0.868. The van der Waals surface area contributed by atoms with Crippen molar-refractivity contribution in [1.82, 2.24) is 9.97 Å². The van der Waals surface area contributed by atoms with Gasteiger partial charge >= 0.3 is 0 Å². The van der Waals surface area contributed by atoms with Crippen LogP contribution >= 0.6 is 11.6 Å². The molecule has 0 bridgehead atoms. The van der Waals surface area contributed by atoms with Crippen molar-refractivity contribution in [2.75, 3.05) is 23.8 Å². The van der Waals surface area contributed by atoms with Gasteiger partial charge in [0.05, 0.1) is 6.10 Å². The predicted octanol–water partition coefficient (Wildman–Crippen LogP) is 3.28. The topological polar surface area (TPSA) is 76.1 Å². The molecular weight excluding hydrogens is 328 g/mol. The van der Waals surface area contributed by atoms with Gasteiger partial charge in [0.25, 0.3) is 5.91 Å². The molecule has 0 radical (unpaired) electrons. The van der Waals surface area contributed by atoms with Crippen molar-refractivity contribution in [2.24, 2.45) is 0 Å². The molecule has 0 aliphatic carbocycles. The number of rotatable bonds is 5. The molecule has 1 saturated heterocycles. The van der Waals surface area contributed by atoms with Crippen molar-refractivity contribution in [1.29, 1.82) is 0 Å². The van der Waals surface area contributed by atoms with Gasteiger partial charge in [0.2, 0.25) is 5.95 Å². The van der Waals surface area contributed by atoms with Crippen molar-refractivity contribution in [3.05, 3.63) is 46.7 Å². The number of nitrogens with zero attached hydrogens (tertiary/aromatic N) is 2. The predicted molar refractivity (Wildman–Crippen MR) is 93.6 cm³/mol. The second-order valence-corrected chi connectivity index (χ2v) is 6.13. The average molecular weight is 347 g/mol. The summed E-state index contributed by atoms with van der Waals surface area (Å²) >= 11 is 5.84. The van der Waals surface area contributed by atoms with Gasteiger partial charge in [-0.3, -0.25) is 4.79 Å². The third-order valence-corrected chi connectivity index (χ3v) is 3.95. The van der Waals surface area contributed by atoms with Crippen LogP contribution in [0.25, 0.3) is 0 Å². The lowest BCUT2D eigenvalue weighted by Crippen LogP contribution is -2.21. The van der Waals surface area contributed by atoms with Crippen LogP contribution in [0.1, 0.15) is 29.0 Å². The van der Waals surface area contributed by atoms with Gasteiger partial charge in [-0.25, -0.2) is 9.97 Å². The Morgan fingerprint density at radius 1 is 1.33 bits per heavy atom. The molecule has 1 fully saturated rings. The minimum absolute atomic E-state index is 0.181. The number of hydrogen-bond donors (Lipinski definition) is 2. The second kappa shape index (κ2) is 7.59. The Hall–Kier alpha value is -2.18. The fraction of sp³-hybridized carbons (Fsp3) is 0.353. The van der Waals surface area contributed by atoms with E-state index in [9.17, 15) is 4.79 Å². The largest absolute Gasteiger partial charge is 0.376 e. The Bertz CT molecular complexity index is 715. The molecule has 1 amide bonds. The normalized spacial score (nSPS) is 16.8. The molecule has 126 valence electrons.